The van der Waals surface area contributed by atoms with Gasteiger partial charge in [0.2, 0.25) is 0 Å². The second kappa shape index (κ2) is 8.24. The van der Waals surface area contributed by atoms with Gasteiger partial charge in [-0.2, -0.15) is 0 Å². The monoisotopic (exact) mass is 356 g/mol. The summed E-state index contributed by atoms with van der Waals surface area (Å²) < 4.78 is 15.9. The molecule has 1 unspecified atom stereocenters. The summed E-state index contributed by atoms with van der Waals surface area (Å²) in [5.74, 6) is 0.751. The van der Waals surface area contributed by atoms with E-state index in [9.17, 15) is 9.59 Å². The Kier molecular flexibility index (Phi) is 5.58. The number of methoxy groups -OCH3 is 1. The third-order valence-electron chi connectivity index (χ3n) is 3.90. The molecule has 7 nitrogen and oxygen atoms in total. The maximum atomic E-state index is 12.0. The number of anilines is 1. The predicted octanol–water partition coefficient (Wildman–Crippen LogP) is 2.22. The molecule has 1 aliphatic rings. The lowest BCUT2D eigenvalue weighted by Gasteiger charge is -2.13. The standard InChI is InChI=1S/C19H20N2O5/c1-24-16-9-5-6-10-17(16)25-13-18(22)20-11-15-12-21(19(23)26-15)14-7-3-2-4-8-14/h2-10,15H,11-13H2,1H3,(H,20,22). The van der Waals surface area contributed by atoms with Crippen LogP contribution in [0, 0.1) is 0 Å². The Hall–Kier alpha value is -3.22. The first-order chi connectivity index (χ1) is 12.7. The molecular weight excluding hydrogens is 336 g/mol. The molecule has 1 saturated heterocycles. The molecule has 2 aromatic rings. The number of benzene rings is 2. The van der Waals surface area contributed by atoms with E-state index in [1.807, 2.05) is 36.4 Å². The van der Waals surface area contributed by atoms with E-state index in [1.165, 1.54) is 7.11 Å². The molecule has 0 aliphatic carbocycles. The summed E-state index contributed by atoms with van der Waals surface area (Å²) in [5.41, 5.74) is 0.769. The van der Waals surface area contributed by atoms with E-state index in [0.29, 0.717) is 18.0 Å². The fourth-order valence-electron chi connectivity index (χ4n) is 2.61. The molecule has 1 atom stereocenters. The average Bonchev–Trinajstić information content (AvgIpc) is 3.06. The number of hydrogen-bond acceptors (Lipinski definition) is 5. The van der Waals surface area contributed by atoms with Crippen LogP contribution < -0.4 is 19.7 Å². The molecule has 2 aromatic carbocycles. The topological polar surface area (TPSA) is 77.1 Å². The normalized spacial score (nSPS) is 16.1. The molecule has 1 heterocycles. The second-order valence-electron chi connectivity index (χ2n) is 5.70. The summed E-state index contributed by atoms with van der Waals surface area (Å²) in [6, 6.07) is 16.4. The van der Waals surface area contributed by atoms with Gasteiger partial charge in [-0.15, -0.1) is 0 Å². The maximum absolute atomic E-state index is 12.0. The maximum Gasteiger partial charge on any atom is 0.414 e. The number of rotatable bonds is 7. The Bertz CT molecular complexity index is 766. The Morgan fingerprint density at radius 3 is 2.58 bits per heavy atom. The molecule has 2 amide bonds. The van der Waals surface area contributed by atoms with Gasteiger partial charge in [-0.3, -0.25) is 9.69 Å². The highest BCUT2D eigenvalue weighted by molar-refractivity contribution is 5.89. The molecule has 7 heteroatoms. The summed E-state index contributed by atoms with van der Waals surface area (Å²) in [5, 5.41) is 2.72. The van der Waals surface area contributed by atoms with Crippen molar-refractivity contribution in [2.75, 3.05) is 31.7 Å². The minimum atomic E-state index is -0.416. The first kappa shape index (κ1) is 17.6. The average molecular weight is 356 g/mol. The van der Waals surface area contributed by atoms with E-state index in [2.05, 4.69) is 5.32 Å². The zero-order chi connectivity index (χ0) is 18.4. The lowest BCUT2D eigenvalue weighted by Crippen LogP contribution is -2.37. The van der Waals surface area contributed by atoms with E-state index < -0.39 is 12.2 Å². The third-order valence-corrected chi connectivity index (χ3v) is 3.90. The Morgan fingerprint density at radius 2 is 1.85 bits per heavy atom. The molecule has 0 aromatic heterocycles. The van der Waals surface area contributed by atoms with Crippen molar-refractivity contribution in [2.24, 2.45) is 0 Å². The summed E-state index contributed by atoms with van der Waals surface area (Å²) in [4.78, 5) is 25.5. The number of nitrogens with zero attached hydrogens (tertiary/aromatic N) is 1. The van der Waals surface area contributed by atoms with Crippen molar-refractivity contribution in [3.63, 3.8) is 0 Å². The van der Waals surface area contributed by atoms with Crippen molar-refractivity contribution >= 4 is 17.7 Å². The van der Waals surface area contributed by atoms with Gasteiger partial charge in [0.1, 0.15) is 6.10 Å². The first-order valence-corrected chi connectivity index (χ1v) is 8.23. The van der Waals surface area contributed by atoms with Crippen LogP contribution in [0.4, 0.5) is 10.5 Å². The molecule has 0 bridgehead atoms. The van der Waals surface area contributed by atoms with Crippen LogP contribution in [0.15, 0.2) is 54.6 Å². The molecule has 3 rings (SSSR count). The van der Waals surface area contributed by atoms with Gasteiger partial charge < -0.3 is 19.5 Å². The van der Waals surface area contributed by atoms with E-state index in [0.717, 1.165) is 5.69 Å². The van der Waals surface area contributed by atoms with Crippen molar-refractivity contribution in [1.29, 1.82) is 0 Å². The first-order valence-electron chi connectivity index (χ1n) is 8.23. The van der Waals surface area contributed by atoms with E-state index >= 15 is 0 Å². The van der Waals surface area contributed by atoms with Crippen LogP contribution in [0.3, 0.4) is 0 Å². The third kappa shape index (κ3) is 4.24. The molecular formula is C19H20N2O5. The van der Waals surface area contributed by atoms with E-state index in [1.54, 1.807) is 23.1 Å². The van der Waals surface area contributed by atoms with Gasteiger partial charge >= 0.3 is 6.09 Å². The molecule has 1 aliphatic heterocycles. The summed E-state index contributed by atoms with van der Waals surface area (Å²) in [6.07, 6.45) is -0.821. The van der Waals surface area contributed by atoms with Crippen molar-refractivity contribution < 1.29 is 23.8 Å². The lowest BCUT2D eigenvalue weighted by atomic mass is 10.2. The fraction of sp³-hybridized carbons (Fsp3) is 0.263. The molecule has 26 heavy (non-hydrogen) atoms. The molecule has 0 spiro atoms. The number of ether oxygens (including phenoxy) is 3. The minimum absolute atomic E-state index is 0.149. The van der Waals surface area contributed by atoms with Gasteiger partial charge in [-0.05, 0) is 24.3 Å². The molecule has 1 N–H and O–H groups in total. The van der Waals surface area contributed by atoms with Crippen LogP contribution in [0.1, 0.15) is 0 Å². The predicted molar refractivity (Wildman–Crippen MR) is 95.6 cm³/mol. The van der Waals surface area contributed by atoms with Crippen molar-refractivity contribution in [3.05, 3.63) is 54.6 Å². The van der Waals surface area contributed by atoms with Crippen molar-refractivity contribution in [2.45, 2.75) is 6.10 Å². The van der Waals surface area contributed by atoms with Crippen LogP contribution >= 0.6 is 0 Å². The van der Waals surface area contributed by atoms with E-state index in [-0.39, 0.29) is 19.1 Å². The SMILES string of the molecule is COc1ccccc1OCC(=O)NCC1CN(c2ccccc2)C(=O)O1. The van der Waals surface area contributed by atoms with Crippen molar-refractivity contribution in [3.8, 4) is 11.5 Å². The molecule has 136 valence electrons. The van der Waals surface area contributed by atoms with Crippen LogP contribution in [0.2, 0.25) is 0 Å². The number of para-hydroxylation sites is 3. The molecule has 0 saturated carbocycles. The lowest BCUT2D eigenvalue weighted by molar-refractivity contribution is -0.123. The summed E-state index contributed by atoms with van der Waals surface area (Å²) >= 11 is 0. The van der Waals surface area contributed by atoms with Gasteiger partial charge in [0, 0.05) is 5.69 Å². The molecule has 0 radical (unpaired) electrons. The van der Waals surface area contributed by atoms with Crippen LogP contribution in [-0.4, -0.2) is 44.9 Å². The van der Waals surface area contributed by atoms with Crippen LogP contribution in [0.5, 0.6) is 11.5 Å². The smallest absolute Gasteiger partial charge is 0.414 e. The molecule has 1 fully saturated rings. The summed E-state index contributed by atoms with van der Waals surface area (Å²) in [7, 11) is 1.54. The van der Waals surface area contributed by atoms with Crippen molar-refractivity contribution in [1.82, 2.24) is 5.32 Å². The number of amides is 2. The van der Waals surface area contributed by atoms with Gasteiger partial charge in [-0.25, -0.2) is 4.79 Å². The summed E-state index contributed by atoms with van der Waals surface area (Å²) in [6.45, 7) is 0.461. The quantitative estimate of drug-likeness (QED) is 0.823. The van der Waals surface area contributed by atoms with E-state index in [4.69, 9.17) is 14.2 Å². The van der Waals surface area contributed by atoms with Gasteiger partial charge in [-0.1, -0.05) is 30.3 Å². The number of nitrogens with one attached hydrogen (secondary N) is 1. The minimum Gasteiger partial charge on any atom is -0.493 e. The highest BCUT2D eigenvalue weighted by Gasteiger charge is 2.32. The largest absolute Gasteiger partial charge is 0.493 e. The highest BCUT2D eigenvalue weighted by Crippen LogP contribution is 2.25. The van der Waals surface area contributed by atoms with Gasteiger partial charge in [0.15, 0.2) is 18.1 Å². The number of carbonyl (C=O) groups excluding carboxylic acids is 2. The van der Waals surface area contributed by atoms with Crippen LogP contribution in [-0.2, 0) is 9.53 Å². The number of cyclic esters (lactones) is 1. The zero-order valence-electron chi connectivity index (χ0n) is 14.4. The Labute approximate surface area is 151 Å². The zero-order valence-corrected chi connectivity index (χ0v) is 14.4. The second-order valence-corrected chi connectivity index (χ2v) is 5.70. The number of hydrogen-bond donors (Lipinski definition) is 1. The number of carbonyl (C=O) groups is 2. The van der Waals surface area contributed by atoms with Gasteiger partial charge in [0.05, 0.1) is 20.2 Å². The Balaban J connectivity index is 1.46. The van der Waals surface area contributed by atoms with Gasteiger partial charge in [0.25, 0.3) is 5.91 Å². The Morgan fingerprint density at radius 1 is 1.15 bits per heavy atom. The van der Waals surface area contributed by atoms with Crippen LogP contribution in [0.25, 0.3) is 0 Å². The fourth-order valence-corrected chi connectivity index (χ4v) is 2.61. The highest BCUT2D eigenvalue weighted by atomic mass is 16.6.